The van der Waals surface area contributed by atoms with Crippen LogP contribution in [0.15, 0.2) is 60.7 Å². The summed E-state index contributed by atoms with van der Waals surface area (Å²) in [6, 6.07) is 15.4. The van der Waals surface area contributed by atoms with E-state index in [1.54, 1.807) is 39.0 Å². The second-order valence-corrected chi connectivity index (χ2v) is 12.5. The largest absolute Gasteiger partial charge is 0.508 e. The number of hydrogen-bond acceptors (Lipinski definition) is 5. The minimum Gasteiger partial charge on any atom is -0.508 e. The van der Waals surface area contributed by atoms with E-state index >= 15 is 0 Å². The quantitative estimate of drug-likeness (QED) is 0.207. The first-order chi connectivity index (χ1) is 20.7. The van der Waals surface area contributed by atoms with E-state index in [4.69, 9.17) is 16.3 Å². The maximum absolute atomic E-state index is 14.6. The predicted molar refractivity (Wildman–Crippen MR) is 175 cm³/mol. The average molecular weight is 622 g/mol. The van der Waals surface area contributed by atoms with Crippen LogP contribution in [-0.2, 0) is 20.7 Å². The number of nitrogens with zero attached hydrogens (tertiary/aromatic N) is 1. The number of aromatic hydroxyl groups is 1. The second kappa shape index (κ2) is 15.1. The van der Waals surface area contributed by atoms with E-state index in [-0.39, 0.29) is 18.7 Å². The molecule has 3 amide bonds. The maximum atomic E-state index is 14.6. The molecule has 0 saturated carbocycles. The molecular weight excluding hydrogens is 578 g/mol. The predicted octanol–water partition coefficient (Wildman–Crippen LogP) is 7.42. The zero-order chi connectivity index (χ0) is 32.6. The summed E-state index contributed by atoms with van der Waals surface area (Å²) in [5.74, 6) is -0.774. The number of rotatable bonds is 11. The molecule has 0 bridgehead atoms. The Morgan fingerprint density at radius 2 is 1.64 bits per heavy atom. The molecule has 0 spiro atoms. The number of ether oxygens (including phenoxy) is 1. The third kappa shape index (κ3) is 9.48. The Hall–Kier alpha value is -4.04. The average Bonchev–Trinajstić information content (AvgIpc) is 2.94. The first kappa shape index (κ1) is 34.5. The number of amides is 3. The number of alkyl carbamates (subject to hydrolysis) is 1. The van der Waals surface area contributed by atoms with Crippen LogP contribution < -0.4 is 10.6 Å². The van der Waals surface area contributed by atoms with Gasteiger partial charge in [-0.3, -0.25) is 9.59 Å². The fraction of sp³-hybridized carbons (Fsp3) is 0.400. The third-order valence-corrected chi connectivity index (χ3v) is 7.59. The molecule has 3 aromatic carbocycles. The molecule has 0 aliphatic rings. The molecule has 0 aromatic heterocycles. The van der Waals surface area contributed by atoms with Gasteiger partial charge in [-0.25, -0.2) is 4.79 Å². The number of hydrogen-bond donors (Lipinski definition) is 3. The summed E-state index contributed by atoms with van der Waals surface area (Å²) in [6.07, 6.45) is 0.774. The van der Waals surface area contributed by atoms with E-state index in [1.807, 2.05) is 58.0 Å². The number of carbonyl (C=O) groups is 3. The summed E-state index contributed by atoms with van der Waals surface area (Å²) in [5, 5.41) is 15.9. The van der Waals surface area contributed by atoms with E-state index in [0.717, 1.165) is 23.1 Å². The van der Waals surface area contributed by atoms with E-state index in [9.17, 15) is 19.5 Å². The van der Waals surface area contributed by atoms with Crippen molar-refractivity contribution in [2.75, 3.05) is 11.9 Å². The summed E-state index contributed by atoms with van der Waals surface area (Å²) >= 11 is 6.48. The summed E-state index contributed by atoms with van der Waals surface area (Å²) in [6.45, 7) is 13.3. The molecule has 9 heteroatoms. The first-order valence-electron chi connectivity index (χ1n) is 14.9. The maximum Gasteiger partial charge on any atom is 0.408 e. The second-order valence-electron chi connectivity index (χ2n) is 12.1. The van der Waals surface area contributed by atoms with E-state index in [2.05, 4.69) is 10.6 Å². The number of anilines is 1. The Labute approximate surface area is 265 Å². The topological polar surface area (TPSA) is 108 Å². The van der Waals surface area contributed by atoms with Crippen molar-refractivity contribution in [1.82, 2.24) is 10.2 Å². The van der Waals surface area contributed by atoms with Crippen molar-refractivity contribution in [1.29, 1.82) is 0 Å². The lowest BCUT2D eigenvalue weighted by molar-refractivity contribution is -0.140. The van der Waals surface area contributed by atoms with Crippen LogP contribution in [0.25, 0.3) is 0 Å². The molecule has 44 heavy (non-hydrogen) atoms. The Bertz CT molecular complexity index is 1450. The minimum absolute atomic E-state index is 0.0858. The van der Waals surface area contributed by atoms with Gasteiger partial charge in [-0.15, -0.1) is 0 Å². The number of benzene rings is 3. The highest BCUT2D eigenvalue weighted by atomic mass is 35.5. The molecule has 3 rings (SSSR count). The van der Waals surface area contributed by atoms with Crippen LogP contribution in [0.5, 0.6) is 5.75 Å². The number of phenols is 1. The Kier molecular flexibility index (Phi) is 11.8. The van der Waals surface area contributed by atoms with Gasteiger partial charge in [0.2, 0.25) is 5.91 Å². The van der Waals surface area contributed by atoms with Gasteiger partial charge in [0.25, 0.3) is 5.91 Å². The van der Waals surface area contributed by atoms with Crippen molar-refractivity contribution in [3.63, 3.8) is 0 Å². The highest BCUT2D eigenvalue weighted by Crippen LogP contribution is 2.31. The fourth-order valence-electron chi connectivity index (χ4n) is 4.80. The molecule has 3 aromatic rings. The highest BCUT2D eigenvalue weighted by molar-refractivity contribution is 6.34. The van der Waals surface area contributed by atoms with E-state index < -0.39 is 35.6 Å². The van der Waals surface area contributed by atoms with E-state index in [0.29, 0.717) is 28.3 Å². The molecule has 8 nitrogen and oxygen atoms in total. The monoisotopic (exact) mass is 621 g/mol. The van der Waals surface area contributed by atoms with Gasteiger partial charge in [0.1, 0.15) is 23.4 Å². The number of phenolic OH excluding ortho intramolecular Hbond substituents is 1. The van der Waals surface area contributed by atoms with Crippen LogP contribution in [0.1, 0.15) is 74.4 Å². The van der Waals surface area contributed by atoms with Crippen LogP contribution in [0, 0.1) is 20.8 Å². The van der Waals surface area contributed by atoms with Crippen molar-refractivity contribution in [3.05, 3.63) is 93.5 Å². The lowest BCUT2D eigenvalue weighted by Gasteiger charge is -2.35. The summed E-state index contributed by atoms with van der Waals surface area (Å²) in [5.41, 5.74) is 3.86. The molecular formula is C35H44ClN3O5. The highest BCUT2D eigenvalue weighted by Gasteiger charge is 2.36. The van der Waals surface area contributed by atoms with Crippen LogP contribution in [-0.4, -0.2) is 46.1 Å². The van der Waals surface area contributed by atoms with Crippen LogP contribution >= 0.6 is 11.6 Å². The smallest absolute Gasteiger partial charge is 0.408 e. The molecule has 236 valence electrons. The Morgan fingerprint density at radius 1 is 0.955 bits per heavy atom. The van der Waals surface area contributed by atoms with Crippen LogP contribution in [0.3, 0.4) is 0 Å². The Balaban J connectivity index is 2.12. The number of nitrogens with one attached hydrogen (secondary N) is 2. The molecule has 0 fully saturated rings. The van der Waals surface area contributed by atoms with Gasteiger partial charge in [-0.2, -0.15) is 0 Å². The molecule has 2 unspecified atom stereocenters. The zero-order valence-corrected chi connectivity index (χ0v) is 27.4. The van der Waals surface area contributed by atoms with Gasteiger partial charge in [0.15, 0.2) is 0 Å². The summed E-state index contributed by atoms with van der Waals surface area (Å²) in [4.78, 5) is 43.4. The fourth-order valence-corrected chi connectivity index (χ4v) is 5.07. The minimum atomic E-state index is -1.06. The number of carbonyl (C=O) groups excluding carboxylic acids is 3. The van der Waals surface area contributed by atoms with Gasteiger partial charge in [0.05, 0.1) is 10.7 Å². The summed E-state index contributed by atoms with van der Waals surface area (Å²) < 4.78 is 5.51. The standard InChI is InChI=1S/C35H44ClN3O5/c1-8-9-19-39(33(42)29(37-34(43)44-35(5,6)7)21-25-14-17-27(40)18-15-25)31(26-16-13-22(2)24(4)20-26)32(41)38-30-23(3)11-10-12-28(30)36/h10-18,20,29,31,40H,8-9,19,21H2,1-7H3,(H,37,43)(H,38,41). The normalized spacial score (nSPS) is 12.6. The molecule has 0 radical (unpaired) electrons. The molecule has 0 heterocycles. The number of unbranched alkanes of at least 4 members (excludes halogenated alkanes) is 1. The summed E-state index contributed by atoms with van der Waals surface area (Å²) in [7, 11) is 0. The van der Waals surface area contributed by atoms with Gasteiger partial charge < -0.3 is 25.4 Å². The Morgan fingerprint density at radius 3 is 2.23 bits per heavy atom. The SMILES string of the molecule is CCCCN(C(=O)C(Cc1ccc(O)cc1)NC(=O)OC(C)(C)C)C(C(=O)Nc1c(C)cccc1Cl)c1ccc(C)c(C)c1. The zero-order valence-electron chi connectivity index (χ0n) is 26.7. The van der Waals surface area contributed by atoms with Crippen molar-refractivity contribution >= 4 is 35.2 Å². The lowest BCUT2D eigenvalue weighted by Crippen LogP contribution is -2.53. The molecule has 0 aliphatic heterocycles. The van der Waals surface area contributed by atoms with Gasteiger partial charge in [-0.05, 0) is 94.0 Å². The molecule has 0 saturated heterocycles. The molecule has 2 atom stereocenters. The van der Waals surface area contributed by atoms with Crippen LogP contribution in [0.4, 0.5) is 10.5 Å². The first-order valence-corrected chi connectivity index (χ1v) is 15.3. The molecule has 3 N–H and O–H groups in total. The van der Waals surface area contributed by atoms with Gasteiger partial charge >= 0.3 is 6.09 Å². The van der Waals surface area contributed by atoms with Crippen molar-refractivity contribution in [2.45, 2.75) is 85.4 Å². The lowest BCUT2D eigenvalue weighted by atomic mass is 9.97. The molecule has 0 aliphatic carbocycles. The van der Waals surface area contributed by atoms with Gasteiger partial charge in [0, 0.05) is 13.0 Å². The van der Waals surface area contributed by atoms with E-state index in [1.165, 1.54) is 17.0 Å². The van der Waals surface area contributed by atoms with Crippen LogP contribution in [0.2, 0.25) is 5.02 Å². The van der Waals surface area contributed by atoms with Crippen molar-refractivity contribution < 1.29 is 24.2 Å². The third-order valence-electron chi connectivity index (χ3n) is 7.28. The number of para-hydroxylation sites is 1. The number of aryl methyl sites for hydroxylation is 3. The van der Waals surface area contributed by atoms with Gasteiger partial charge in [-0.1, -0.05) is 67.4 Å². The number of halogens is 1. The van der Waals surface area contributed by atoms with Crippen molar-refractivity contribution in [3.8, 4) is 5.75 Å². The van der Waals surface area contributed by atoms with Crippen molar-refractivity contribution in [2.24, 2.45) is 0 Å².